The van der Waals surface area contributed by atoms with Crippen molar-refractivity contribution in [3.63, 3.8) is 0 Å². The summed E-state index contributed by atoms with van der Waals surface area (Å²) in [4.78, 5) is 0. The quantitative estimate of drug-likeness (QED) is 0.501. The fraction of sp³-hybridized carbons (Fsp3) is 1.00. The van der Waals surface area contributed by atoms with E-state index in [1.807, 2.05) is 0 Å². The zero-order chi connectivity index (χ0) is 7.52. The maximum Gasteiger partial charge on any atom is 0.0432 e. The average Bonchev–Trinajstić information content (AvgIpc) is 2.58. The second-order valence-electron chi connectivity index (χ2n) is 4.19. The summed E-state index contributed by atoms with van der Waals surface area (Å²) in [5.74, 6) is 1.47. The van der Waals surface area contributed by atoms with Gasteiger partial charge in [-0.05, 0) is 23.7 Å². The standard InChI is InChI=1S/C8H12Cl2/c1-8(2)6(9)4-3-5(4)7(8)10/h4-7H,3H2,1-2H3/t4?,5?,6-,7?/m0/s1. The van der Waals surface area contributed by atoms with Crippen LogP contribution in [0.3, 0.4) is 0 Å². The van der Waals surface area contributed by atoms with E-state index in [0.717, 1.165) is 11.8 Å². The number of fused-ring (bicyclic) bond motifs is 1. The Bertz CT molecular complexity index is 149. The third-order valence-corrected chi connectivity index (χ3v) is 4.84. The SMILES string of the molecule is CC1(C)C(Cl)C2CC2[C@@H]1Cl. The average molecular weight is 179 g/mol. The van der Waals surface area contributed by atoms with E-state index in [-0.39, 0.29) is 5.41 Å². The fourth-order valence-corrected chi connectivity index (χ4v) is 3.08. The molecule has 2 aliphatic carbocycles. The van der Waals surface area contributed by atoms with E-state index < -0.39 is 0 Å². The Kier molecular flexibility index (Phi) is 1.33. The predicted molar refractivity (Wildman–Crippen MR) is 44.7 cm³/mol. The van der Waals surface area contributed by atoms with E-state index in [1.54, 1.807) is 0 Å². The summed E-state index contributed by atoms with van der Waals surface area (Å²) < 4.78 is 0. The van der Waals surface area contributed by atoms with Crippen molar-refractivity contribution in [1.29, 1.82) is 0 Å². The van der Waals surface area contributed by atoms with Gasteiger partial charge in [-0.2, -0.15) is 0 Å². The molecule has 0 aliphatic heterocycles. The van der Waals surface area contributed by atoms with Gasteiger partial charge >= 0.3 is 0 Å². The molecule has 0 saturated heterocycles. The molecule has 0 radical (unpaired) electrons. The first-order valence-electron chi connectivity index (χ1n) is 3.83. The Morgan fingerprint density at radius 2 is 1.50 bits per heavy atom. The lowest BCUT2D eigenvalue weighted by Gasteiger charge is -2.28. The van der Waals surface area contributed by atoms with Crippen molar-refractivity contribution >= 4 is 23.2 Å². The summed E-state index contributed by atoms with van der Waals surface area (Å²) in [6.07, 6.45) is 1.27. The first kappa shape index (κ1) is 7.24. The normalized spacial score (nSPS) is 56.4. The molecule has 10 heavy (non-hydrogen) atoms. The van der Waals surface area contributed by atoms with Gasteiger partial charge in [-0.15, -0.1) is 23.2 Å². The van der Waals surface area contributed by atoms with E-state index in [0.29, 0.717) is 10.8 Å². The molecule has 0 N–H and O–H groups in total. The Balaban J connectivity index is 2.24. The summed E-state index contributed by atoms with van der Waals surface area (Å²) in [6.45, 7) is 4.35. The molecule has 0 bridgehead atoms. The van der Waals surface area contributed by atoms with Crippen LogP contribution in [0.1, 0.15) is 20.3 Å². The summed E-state index contributed by atoms with van der Waals surface area (Å²) in [6, 6.07) is 0. The van der Waals surface area contributed by atoms with Crippen molar-refractivity contribution < 1.29 is 0 Å². The second-order valence-corrected chi connectivity index (χ2v) is 5.13. The molecule has 0 nitrogen and oxygen atoms in total. The highest BCUT2D eigenvalue weighted by Gasteiger charge is 2.62. The van der Waals surface area contributed by atoms with Gasteiger partial charge in [0.1, 0.15) is 0 Å². The highest BCUT2D eigenvalue weighted by molar-refractivity contribution is 6.26. The van der Waals surface area contributed by atoms with Crippen LogP contribution in [-0.4, -0.2) is 10.8 Å². The van der Waals surface area contributed by atoms with Crippen LogP contribution in [0.15, 0.2) is 0 Å². The van der Waals surface area contributed by atoms with Crippen molar-refractivity contribution in [3.05, 3.63) is 0 Å². The summed E-state index contributed by atoms with van der Waals surface area (Å²) >= 11 is 12.4. The van der Waals surface area contributed by atoms with Crippen LogP contribution in [0.4, 0.5) is 0 Å². The highest BCUT2D eigenvalue weighted by atomic mass is 35.5. The Labute approximate surface area is 71.9 Å². The van der Waals surface area contributed by atoms with Gasteiger partial charge in [0.05, 0.1) is 0 Å². The topological polar surface area (TPSA) is 0 Å². The number of hydrogen-bond acceptors (Lipinski definition) is 0. The van der Waals surface area contributed by atoms with Crippen LogP contribution in [0, 0.1) is 17.3 Å². The Hall–Kier alpha value is 0.580. The van der Waals surface area contributed by atoms with Gasteiger partial charge in [0.25, 0.3) is 0 Å². The summed E-state index contributed by atoms with van der Waals surface area (Å²) in [7, 11) is 0. The number of rotatable bonds is 0. The van der Waals surface area contributed by atoms with E-state index in [2.05, 4.69) is 13.8 Å². The predicted octanol–water partition coefficient (Wildman–Crippen LogP) is 2.88. The lowest BCUT2D eigenvalue weighted by atomic mass is 9.87. The number of alkyl halides is 2. The minimum absolute atomic E-state index is 0.163. The molecular formula is C8H12Cl2. The van der Waals surface area contributed by atoms with E-state index in [1.165, 1.54) is 6.42 Å². The molecule has 3 unspecified atom stereocenters. The van der Waals surface area contributed by atoms with Gasteiger partial charge in [-0.1, -0.05) is 13.8 Å². The molecule has 0 aromatic carbocycles. The van der Waals surface area contributed by atoms with E-state index >= 15 is 0 Å². The maximum atomic E-state index is 6.21. The van der Waals surface area contributed by atoms with Gasteiger partial charge in [0.15, 0.2) is 0 Å². The lowest BCUT2D eigenvalue weighted by Crippen LogP contribution is -2.30. The second kappa shape index (κ2) is 1.84. The van der Waals surface area contributed by atoms with Crippen LogP contribution in [0.25, 0.3) is 0 Å². The maximum absolute atomic E-state index is 6.21. The fourth-order valence-electron chi connectivity index (χ4n) is 2.16. The zero-order valence-corrected chi connectivity index (χ0v) is 7.78. The van der Waals surface area contributed by atoms with Crippen LogP contribution >= 0.6 is 23.2 Å². The minimum atomic E-state index is 0.163. The van der Waals surface area contributed by atoms with Gasteiger partial charge < -0.3 is 0 Å². The number of hydrogen-bond donors (Lipinski definition) is 0. The Morgan fingerprint density at radius 1 is 1.10 bits per heavy atom. The van der Waals surface area contributed by atoms with Gasteiger partial charge in [0.2, 0.25) is 0 Å². The van der Waals surface area contributed by atoms with Crippen LogP contribution in [-0.2, 0) is 0 Å². The van der Waals surface area contributed by atoms with Gasteiger partial charge in [0, 0.05) is 10.8 Å². The van der Waals surface area contributed by atoms with Crippen LogP contribution < -0.4 is 0 Å². The van der Waals surface area contributed by atoms with Crippen molar-refractivity contribution in [1.82, 2.24) is 0 Å². The zero-order valence-electron chi connectivity index (χ0n) is 6.27. The number of halogens is 2. The molecule has 2 aliphatic rings. The molecular weight excluding hydrogens is 167 g/mol. The molecule has 0 aromatic rings. The molecule has 2 rings (SSSR count). The van der Waals surface area contributed by atoms with Crippen LogP contribution in [0.2, 0.25) is 0 Å². The van der Waals surface area contributed by atoms with Gasteiger partial charge in [-0.25, -0.2) is 0 Å². The third-order valence-electron chi connectivity index (χ3n) is 3.06. The summed E-state index contributed by atoms with van der Waals surface area (Å²) in [5.41, 5.74) is 0.163. The Morgan fingerprint density at radius 3 is 1.70 bits per heavy atom. The largest absolute Gasteiger partial charge is 0.122 e. The van der Waals surface area contributed by atoms with E-state index in [9.17, 15) is 0 Å². The smallest absolute Gasteiger partial charge is 0.0432 e. The molecule has 4 atom stereocenters. The van der Waals surface area contributed by atoms with Crippen LogP contribution in [0.5, 0.6) is 0 Å². The molecule has 2 heteroatoms. The third kappa shape index (κ3) is 0.698. The molecule has 0 spiro atoms. The van der Waals surface area contributed by atoms with Gasteiger partial charge in [-0.3, -0.25) is 0 Å². The monoisotopic (exact) mass is 178 g/mol. The molecule has 2 fully saturated rings. The van der Waals surface area contributed by atoms with Crippen molar-refractivity contribution in [2.24, 2.45) is 17.3 Å². The molecule has 2 saturated carbocycles. The first-order valence-corrected chi connectivity index (χ1v) is 4.70. The molecule has 58 valence electrons. The molecule has 0 amide bonds. The van der Waals surface area contributed by atoms with E-state index in [4.69, 9.17) is 23.2 Å². The lowest BCUT2D eigenvalue weighted by molar-refractivity contribution is 0.352. The van der Waals surface area contributed by atoms with Crippen molar-refractivity contribution in [2.75, 3.05) is 0 Å². The summed E-state index contributed by atoms with van der Waals surface area (Å²) in [5, 5.41) is 0.639. The minimum Gasteiger partial charge on any atom is -0.122 e. The molecule has 0 aromatic heterocycles. The first-order chi connectivity index (χ1) is 4.55. The molecule has 0 heterocycles. The van der Waals surface area contributed by atoms with Crippen molar-refractivity contribution in [3.8, 4) is 0 Å². The van der Waals surface area contributed by atoms with Crippen molar-refractivity contribution in [2.45, 2.75) is 31.0 Å². The highest BCUT2D eigenvalue weighted by Crippen LogP contribution is 2.63.